The minimum atomic E-state index is -1.82. The maximum atomic E-state index is 9.10. The molecule has 1 unspecified atom stereocenters. The smallest absolute Gasteiger partial charge is 0.414 e. The molecule has 0 aliphatic heterocycles. The number of carboxylic acid groups (broad SMARTS) is 2. The summed E-state index contributed by atoms with van der Waals surface area (Å²) < 4.78 is 5.64. The molecule has 0 aromatic heterocycles. The molecule has 1 atom stereocenters. The van der Waals surface area contributed by atoms with Gasteiger partial charge in [-0.15, -0.1) is 0 Å². The fourth-order valence-electron chi connectivity index (χ4n) is 1.47. The normalized spacial score (nSPS) is 11.1. The molecule has 0 heterocycles. The summed E-state index contributed by atoms with van der Waals surface area (Å²) in [6.45, 7) is 8.08. The van der Waals surface area contributed by atoms with Gasteiger partial charge in [-0.3, -0.25) is 0 Å². The van der Waals surface area contributed by atoms with Crippen molar-refractivity contribution in [3.05, 3.63) is 28.8 Å². The number of hydrogen-bond donors (Lipinski definition) is 3. The van der Waals surface area contributed by atoms with E-state index in [0.29, 0.717) is 17.7 Å². The minimum Gasteiger partial charge on any atom is -0.492 e. The van der Waals surface area contributed by atoms with Crippen molar-refractivity contribution >= 4 is 23.5 Å². The highest BCUT2D eigenvalue weighted by Crippen LogP contribution is 2.25. The van der Waals surface area contributed by atoms with E-state index in [9.17, 15) is 0 Å². The minimum absolute atomic E-state index is 0.581. The molecule has 0 fully saturated rings. The van der Waals surface area contributed by atoms with Gasteiger partial charge in [-0.05, 0) is 50.9 Å². The van der Waals surface area contributed by atoms with Gasteiger partial charge in [0, 0.05) is 6.04 Å². The number of halogens is 1. The molecule has 0 aliphatic carbocycles. The number of rotatable bonds is 7. The average Bonchev–Trinajstić information content (AvgIpc) is 2.49. The van der Waals surface area contributed by atoms with Crippen molar-refractivity contribution in [2.75, 3.05) is 13.2 Å². The summed E-state index contributed by atoms with van der Waals surface area (Å²) in [6, 6.07) is 6.45. The highest BCUT2D eigenvalue weighted by atomic mass is 35.5. The number of hydrogen-bond acceptors (Lipinski definition) is 4. The van der Waals surface area contributed by atoms with Crippen LogP contribution in [0, 0.1) is 6.92 Å². The second-order valence-corrected chi connectivity index (χ2v) is 5.42. The fraction of sp³-hybridized carbons (Fsp3) is 0.500. The Morgan fingerprint density at radius 2 is 1.91 bits per heavy atom. The van der Waals surface area contributed by atoms with Gasteiger partial charge in [-0.1, -0.05) is 24.6 Å². The molecule has 1 rings (SSSR count). The molecule has 0 radical (unpaired) electrons. The van der Waals surface area contributed by atoms with Crippen molar-refractivity contribution < 1.29 is 24.5 Å². The third-order valence-electron chi connectivity index (χ3n) is 2.95. The Bertz CT molecular complexity index is 495. The zero-order valence-electron chi connectivity index (χ0n) is 13.6. The molecule has 6 nitrogen and oxygen atoms in total. The van der Waals surface area contributed by atoms with E-state index in [1.807, 2.05) is 25.1 Å². The molecule has 0 bridgehead atoms. The van der Waals surface area contributed by atoms with Gasteiger partial charge in [0.25, 0.3) is 0 Å². The van der Waals surface area contributed by atoms with Gasteiger partial charge in [0.1, 0.15) is 5.75 Å². The van der Waals surface area contributed by atoms with Crippen LogP contribution in [0.5, 0.6) is 5.75 Å². The topological polar surface area (TPSA) is 95.9 Å². The van der Waals surface area contributed by atoms with E-state index in [1.165, 1.54) is 0 Å². The highest BCUT2D eigenvalue weighted by molar-refractivity contribution is 6.32. The number of benzene rings is 1. The monoisotopic (exact) mass is 345 g/mol. The summed E-state index contributed by atoms with van der Waals surface area (Å²) in [7, 11) is 0. The SMILES string of the molecule is CCC(C)NCCCOc1ccc(C)cc1Cl.O=C(O)C(=O)O. The molecule has 0 saturated carbocycles. The van der Waals surface area contributed by atoms with Crippen LogP contribution in [-0.4, -0.2) is 41.3 Å². The molecule has 130 valence electrons. The average molecular weight is 346 g/mol. The largest absolute Gasteiger partial charge is 0.492 e. The van der Waals surface area contributed by atoms with Crippen LogP contribution in [0.3, 0.4) is 0 Å². The summed E-state index contributed by atoms with van der Waals surface area (Å²) >= 11 is 6.07. The number of ether oxygens (including phenoxy) is 1. The highest BCUT2D eigenvalue weighted by Gasteiger charge is 2.04. The molecule has 0 saturated heterocycles. The molecule has 1 aromatic carbocycles. The molecule has 3 N–H and O–H groups in total. The maximum Gasteiger partial charge on any atom is 0.414 e. The van der Waals surface area contributed by atoms with E-state index in [-0.39, 0.29) is 0 Å². The van der Waals surface area contributed by atoms with E-state index < -0.39 is 11.9 Å². The van der Waals surface area contributed by atoms with E-state index in [0.717, 1.165) is 30.7 Å². The predicted molar refractivity (Wildman–Crippen MR) is 89.3 cm³/mol. The lowest BCUT2D eigenvalue weighted by molar-refractivity contribution is -0.159. The number of carbonyl (C=O) groups is 2. The first-order valence-electron chi connectivity index (χ1n) is 7.36. The van der Waals surface area contributed by atoms with Crippen LogP contribution in [0.2, 0.25) is 5.02 Å². The molecular weight excluding hydrogens is 322 g/mol. The van der Waals surface area contributed by atoms with Crippen molar-refractivity contribution in [3.8, 4) is 5.75 Å². The number of carboxylic acids is 2. The second-order valence-electron chi connectivity index (χ2n) is 5.01. The summed E-state index contributed by atoms with van der Waals surface area (Å²) in [5.41, 5.74) is 1.15. The van der Waals surface area contributed by atoms with Crippen LogP contribution >= 0.6 is 11.6 Å². The molecule has 0 amide bonds. The molecular formula is C16H24ClNO5. The molecule has 7 heteroatoms. The van der Waals surface area contributed by atoms with Gasteiger partial charge in [-0.25, -0.2) is 9.59 Å². The Hall–Kier alpha value is -1.79. The maximum absolute atomic E-state index is 9.10. The summed E-state index contributed by atoms with van der Waals surface area (Å²) in [6.07, 6.45) is 2.15. The molecule has 0 aliphatic rings. The van der Waals surface area contributed by atoms with Crippen LogP contribution in [0.4, 0.5) is 0 Å². The van der Waals surface area contributed by atoms with Crippen molar-refractivity contribution in [1.29, 1.82) is 0 Å². The molecule has 0 spiro atoms. The van der Waals surface area contributed by atoms with Crippen LogP contribution in [0.25, 0.3) is 0 Å². The summed E-state index contributed by atoms with van der Waals surface area (Å²) in [5, 5.41) is 18.9. The zero-order valence-corrected chi connectivity index (χ0v) is 14.4. The van der Waals surface area contributed by atoms with Gasteiger partial charge < -0.3 is 20.3 Å². The van der Waals surface area contributed by atoms with Crippen molar-refractivity contribution in [3.63, 3.8) is 0 Å². The van der Waals surface area contributed by atoms with Crippen molar-refractivity contribution in [1.82, 2.24) is 5.32 Å². The number of aryl methyl sites for hydroxylation is 1. The lowest BCUT2D eigenvalue weighted by atomic mass is 10.2. The van der Waals surface area contributed by atoms with Gasteiger partial charge in [0.05, 0.1) is 11.6 Å². The standard InChI is InChI=1S/C14H22ClNO.C2H2O4/c1-4-12(3)16-8-5-9-17-14-7-6-11(2)10-13(14)15;3-1(4)2(5)6/h6-7,10,12,16H,4-5,8-9H2,1-3H3;(H,3,4)(H,5,6). The first kappa shape index (κ1) is 21.2. The summed E-state index contributed by atoms with van der Waals surface area (Å²) in [4.78, 5) is 18.2. The Kier molecular flexibility index (Phi) is 10.8. The predicted octanol–water partition coefficient (Wildman–Crippen LogP) is 2.96. The second kappa shape index (κ2) is 11.7. The molecule has 23 heavy (non-hydrogen) atoms. The third-order valence-corrected chi connectivity index (χ3v) is 3.25. The molecule has 1 aromatic rings. The van der Waals surface area contributed by atoms with Gasteiger partial charge >= 0.3 is 11.9 Å². The fourth-order valence-corrected chi connectivity index (χ4v) is 1.76. The Morgan fingerprint density at radius 3 is 2.39 bits per heavy atom. The van der Waals surface area contributed by atoms with E-state index in [4.69, 9.17) is 36.1 Å². The Balaban J connectivity index is 0.000000688. The lowest BCUT2D eigenvalue weighted by Gasteiger charge is -2.12. The zero-order chi connectivity index (χ0) is 17.8. The number of nitrogens with one attached hydrogen (secondary N) is 1. The lowest BCUT2D eigenvalue weighted by Crippen LogP contribution is -2.27. The first-order chi connectivity index (χ1) is 10.8. The third kappa shape index (κ3) is 10.5. The van der Waals surface area contributed by atoms with Crippen molar-refractivity contribution in [2.45, 2.75) is 39.7 Å². The van der Waals surface area contributed by atoms with Crippen molar-refractivity contribution in [2.24, 2.45) is 0 Å². The van der Waals surface area contributed by atoms with E-state index >= 15 is 0 Å². The van der Waals surface area contributed by atoms with Crippen LogP contribution in [0.15, 0.2) is 18.2 Å². The van der Waals surface area contributed by atoms with E-state index in [1.54, 1.807) is 0 Å². The van der Waals surface area contributed by atoms with Gasteiger partial charge in [0.2, 0.25) is 0 Å². The quantitative estimate of drug-likeness (QED) is 0.519. The van der Waals surface area contributed by atoms with Crippen LogP contribution in [0.1, 0.15) is 32.3 Å². The Morgan fingerprint density at radius 1 is 1.30 bits per heavy atom. The number of aliphatic carboxylic acids is 2. The van der Waals surface area contributed by atoms with Crippen LogP contribution < -0.4 is 10.1 Å². The van der Waals surface area contributed by atoms with Gasteiger partial charge in [-0.2, -0.15) is 0 Å². The Labute approximate surface area is 141 Å². The summed E-state index contributed by atoms with van der Waals surface area (Å²) in [5.74, 6) is -2.87. The van der Waals surface area contributed by atoms with Crippen LogP contribution in [-0.2, 0) is 9.59 Å². The van der Waals surface area contributed by atoms with E-state index in [2.05, 4.69) is 19.2 Å². The van der Waals surface area contributed by atoms with Gasteiger partial charge in [0.15, 0.2) is 0 Å². The first-order valence-corrected chi connectivity index (χ1v) is 7.74.